The maximum atomic E-state index is 11.5. The molecule has 0 saturated carbocycles. The largest absolute Gasteiger partial charge is 0.507 e. The molecule has 1 N–H and O–H groups in total. The molecule has 1 rings (SSSR count). The van der Waals surface area contributed by atoms with E-state index in [0.717, 1.165) is 4.90 Å². The summed E-state index contributed by atoms with van der Waals surface area (Å²) in [6, 6.07) is 7.03. The first-order valence-electron chi connectivity index (χ1n) is 4.80. The minimum Gasteiger partial charge on any atom is -0.507 e. The van der Waals surface area contributed by atoms with Crippen LogP contribution in [0.1, 0.15) is 6.92 Å². The fraction of sp³-hybridized carbons (Fsp3) is 0.364. The summed E-state index contributed by atoms with van der Waals surface area (Å²) in [6.45, 7) is 2.64. The van der Waals surface area contributed by atoms with Crippen LogP contribution in [0.5, 0.6) is 5.75 Å². The summed E-state index contributed by atoms with van der Waals surface area (Å²) >= 11 is 1.36. The third-order valence-corrected chi connectivity index (χ3v) is 3.16. The monoisotopic (exact) mass is 225 g/mol. The van der Waals surface area contributed by atoms with Crippen molar-refractivity contribution < 1.29 is 9.90 Å². The quantitative estimate of drug-likeness (QED) is 0.796. The number of phenolic OH excluding ortho intramolecular Hbond substituents is 1. The lowest BCUT2D eigenvalue weighted by Gasteiger charge is -2.13. The zero-order valence-corrected chi connectivity index (χ0v) is 9.75. The van der Waals surface area contributed by atoms with Gasteiger partial charge in [0.1, 0.15) is 5.75 Å². The standard InChI is InChI=1S/C11H15NO2S/c1-3-12(2)11(14)8-15-10-7-5-4-6-9(10)13/h4-7,13H,3,8H2,1-2H3. The second-order valence-electron chi connectivity index (χ2n) is 3.16. The molecule has 0 atom stereocenters. The minimum absolute atomic E-state index is 0.0748. The Kier molecular flexibility index (Phi) is 4.49. The molecule has 1 aromatic rings. The molecule has 0 aromatic heterocycles. The molecule has 82 valence electrons. The summed E-state index contributed by atoms with van der Waals surface area (Å²) < 4.78 is 0. The van der Waals surface area contributed by atoms with E-state index in [1.807, 2.05) is 13.0 Å². The molecule has 4 heteroatoms. The molecular weight excluding hydrogens is 210 g/mol. The van der Waals surface area contributed by atoms with E-state index in [9.17, 15) is 9.90 Å². The topological polar surface area (TPSA) is 40.5 Å². The molecule has 0 fully saturated rings. The summed E-state index contributed by atoms with van der Waals surface area (Å²) in [5.74, 6) is 0.669. The molecular formula is C11H15NO2S. The van der Waals surface area contributed by atoms with E-state index in [1.54, 1.807) is 30.1 Å². The van der Waals surface area contributed by atoms with Gasteiger partial charge in [0, 0.05) is 18.5 Å². The van der Waals surface area contributed by atoms with Gasteiger partial charge < -0.3 is 10.0 Å². The number of hydrogen-bond acceptors (Lipinski definition) is 3. The van der Waals surface area contributed by atoms with Crippen molar-refractivity contribution in [3.05, 3.63) is 24.3 Å². The first kappa shape index (κ1) is 11.9. The van der Waals surface area contributed by atoms with Crippen molar-refractivity contribution in [1.82, 2.24) is 4.90 Å². The van der Waals surface area contributed by atoms with Crippen LogP contribution in [-0.2, 0) is 4.79 Å². The highest BCUT2D eigenvalue weighted by Crippen LogP contribution is 2.27. The Morgan fingerprint density at radius 3 is 2.73 bits per heavy atom. The summed E-state index contributed by atoms with van der Waals surface area (Å²) in [5.41, 5.74) is 0. The van der Waals surface area contributed by atoms with Gasteiger partial charge in [0.05, 0.1) is 5.75 Å². The van der Waals surface area contributed by atoms with Crippen LogP contribution < -0.4 is 0 Å². The van der Waals surface area contributed by atoms with Crippen molar-refractivity contribution in [2.75, 3.05) is 19.3 Å². The van der Waals surface area contributed by atoms with Gasteiger partial charge in [-0.25, -0.2) is 0 Å². The fourth-order valence-corrected chi connectivity index (χ4v) is 1.90. The van der Waals surface area contributed by atoms with Crippen LogP contribution in [0.4, 0.5) is 0 Å². The minimum atomic E-state index is 0.0748. The number of nitrogens with zero attached hydrogens (tertiary/aromatic N) is 1. The zero-order valence-electron chi connectivity index (χ0n) is 8.93. The second kappa shape index (κ2) is 5.66. The lowest BCUT2D eigenvalue weighted by Crippen LogP contribution is -2.27. The van der Waals surface area contributed by atoms with Crippen LogP contribution >= 0.6 is 11.8 Å². The van der Waals surface area contributed by atoms with Gasteiger partial charge >= 0.3 is 0 Å². The average molecular weight is 225 g/mol. The summed E-state index contributed by atoms with van der Waals surface area (Å²) in [6.07, 6.45) is 0. The maximum absolute atomic E-state index is 11.5. The highest BCUT2D eigenvalue weighted by Gasteiger charge is 2.08. The first-order valence-corrected chi connectivity index (χ1v) is 5.78. The van der Waals surface area contributed by atoms with Gasteiger partial charge in [0.2, 0.25) is 5.91 Å². The zero-order chi connectivity index (χ0) is 11.3. The third-order valence-electron chi connectivity index (χ3n) is 2.12. The van der Waals surface area contributed by atoms with Crippen molar-refractivity contribution >= 4 is 17.7 Å². The highest BCUT2D eigenvalue weighted by molar-refractivity contribution is 8.00. The number of rotatable bonds is 4. The van der Waals surface area contributed by atoms with Gasteiger partial charge in [-0.15, -0.1) is 11.8 Å². The van der Waals surface area contributed by atoms with Gasteiger partial charge in [-0.3, -0.25) is 4.79 Å². The average Bonchev–Trinajstić information content (AvgIpc) is 2.26. The van der Waals surface area contributed by atoms with E-state index in [-0.39, 0.29) is 11.7 Å². The predicted octanol–water partition coefficient (Wildman–Crippen LogP) is 1.96. The lowest BCUT2D eigenvalue weighted by atomic mass is 10.3. The molecule has 0 saturated heterocycles. The Morgan fingerprint density at radius 1 is 1.47 bits per heavy atom. The molecule has 1 aromatic carbocycles. The van der Waals surface area contributed by atoms with Crippen LogP contribution in [0.25, 0.3) is 0 Å². The molecule has 0 heterocycles. The van der Waals surface area contributed by atoms with Crippen molar-refractivity contribution in [2.45, 2.75) is 11.8 Å². The highest BCUT2D eigenvalue weighted by atomic mass is 32.2. The van der Waals surface area contributed by atoms with Gasteiger partial charge in [-0.05, 0) is 19.1 Å². The number of aromatic hydroxyl groups is 1. The van der Waals surface area contributed by atoms with Crippen LogP contribution in [0.15, 0.2) is 29.2 Å². The SMILES string of the molecule is CCN(C)C(=O)CSc1ccccc1O. The number of para-hydroxylation sites is 1. The number of hydrogen-bond donors (Lipinski definition) is 1. The number of benzene rings is 1. The summed E-state index contributed by atoms with van der Waals surface area (Å²) in [7, 11) is 1.77. The lowest BCUT2D eigenvalue weighted by molar-refractivity contribution is -0.126. The van der Waals surface area contributed by atoms with E-state index in [0.29, 0.717) is 12.3 Å². The number of carbonyl (C=O) groups excluding carboxylic acids is 1. The Bertz CT molecular complexity index is 341. The van der Waals surface area contributed by atoms with Crippen LogP contribution in [0, 0.1) is 0 Å². The van der Waals surface area contributed by atoms with E-state index in [1.165, 1.54) is 11.8 Å². The van der Waals surface area contributed by atoms with Crippen LogP contribution in [0.2, 0.25) is 0 Å². The number of thioether (sulfide) groups is 1. The van der Waals surface area contributed by atoms with E-state index in [4.69, 9.17) is 0 Å². The Balaban J connectivity index is 2.51. The molecule has 0 aliphatic rings. The van der Waals surface area contributed by atoms with Crippen LogP contribution in [-0.4, -0.2) is 35.3 Å². The van der Waals surface area contributed by atoms with Gasteiger partial charge in [-0.1, -0.05) is 12.1 Å². The molecule has 15 heavy (non-hydrogen) atoms. The molecule has 0 radical (unpaired) electrons. The summed E-state index contributed by atoms with van der Waals surface area (Å²) in [4.78, 5) is 13.9. The van der Waals surface area contributed by atoms with Crippen molar-refractivity contribution in [3.8, 4) is 5.75 Å². The fourth-order valence-electron chi connectivity index (χ4n) is 1.01. The second-order valence-corrected chi connectivity index (χ2v) is 4.18. The maximum Gasteiger partial charge on any atom is 0.232 e. The van der Waals surface area contributed by atoms with E-state index >= 15 is 0 Å². The number of carbonyl (C=O) groups is 1. The van der Waals surface area contributed by atoms with Crippen molar-refractivity contribution in [1.29, 1.82) is 0 Å². The molecule has 0 aliphatic carbocycles. The van der Waals surface area contributed by atoms with Gasteiger partial charge in [0.25, 0.3) is 0 Å². The Morgan fingerprint density at radius 2 is 2.13 bits per heavy atom. The molecule has 3 nitrogen and oxygen atoms in total. The Hall–Kier alpha value is -1.16. The van der Waals surface area contributed by atoms with Crippen molar-refractivity contribution in [3.63, 3.8) is 0 Å². The van der Waals surface area contributed by atoms with Gasteiger partial charge in [0.15, 0.2) is 0 Å². The normalized spacial score (nSPS) is 10.0. The third kappa shape index (κ3) is 3.47. The molecule has 0 spiro atoms. The van der Waals surface area contributed by atoms with Crippen molar-refractivity contribution in [2.24, 2.45) is 0 Å². The Labute approximate surface area is 94.1 Å². The summed E-state index contributed by atoms with van der Waals surface area (Å²) in [5, 5.41) is 9.47. The van der Waals surface area contributed by atoms with E-state index in [2.05, 4.69) is 0 Å². The molecule has 1 amide bonds. The molecule has 0 aliphatic heterocycles. The molecule has 0 bridgehead atoms. The number of phenols is 1. The van der Waals surface area contributed by atoms with Gasteiger partial charge in [-0.2, -0.15) is 0 Å². The number of amides is 1. The molecule has 0 unspecified atom stereocenters. The first-order chi connectivity index (χ1) is 7.15. The van der Waals surface area contributed by atoms with Crippen LogP contribution in [0.3, 0.4) is 0 Å². The van der Waals surface area contributed by atoms with E-state index < -0.39 is 0 Å². The predicted molar refractivity (Wildman–Crippen MR) is 62.1 cm³/mol. The smallest absolute Gasteiger partial charge is 0.232 e.